The standard InChI is InChI=1S/C28H24N2O5S2/c1-36(32,33)26-17-9-11-22(19-26)21-10-8-12-23(18-21)28(37(34,35)25-15-6-3-7-16-25)20-29-27(31)30(28)24-13-4-2-5-14-24/h2-19H,20H2,1H3,(H,29,31). The first-order valence-corrected chi connectivity index (χ1v) is 14.9. The molecular weight excluding hydrogens is 508 g/mol. The molecule has 37 heavy (non-hydrogen) atoms. The van der Waals surface area contributed by atoms with E-state index in [-0.39, 0.29) is 16.3 Å². The van der Waals surface area contributed by atoms with Crippen LogP contribution in [0.3, 0.4) is 0 Å². The maximum atomic E-state index is 14.4. The van der Waals surface area contributed by atoms with Gasteiger partial charge in [-0.15, -0.1) is 0 Å². The van der Waals surface area contributed by atoms with Gasteiger partial charge in [0.1, 0.15) is 0 Å². The first-order chi connectivity index (χ1) is 17.6. The SMILES string of the molecule is CS(=O)(=O)c1cccc(-c2cccc(C3(S(=O)(=O)c4ccccc4)CNC(=O)N3c3ccccc3)c2)c1. The molecule has 1 heterocycles. The van der Waals surface area contributed by atoms with E-state index in [1.807, 2.05) is 0 Å². The lowest BCUT2D eigenvalue weighted by Crippen LogP contribution is -2.51. The molecule has 5 rings (SSSR count). The lowest BCUT2D eigenvalue weighted by Gasteiger charge is -2.37. The number of nitrogens with one attached hydrogen (secondary N) is 1. The summed E-state index contributed by atoms with van der Waals surface area (Å²) in [7, 11) is -7.61. The summed E-state index contributed by atoms with van der Waals surface area (Å²) < 4.78 is 53.1. The summed E-state index contributed by atoms with van der Waals surface area (Å²) in [5, 5.41) is 2.75. The third kappa shape index (κ3) is 4.20. The van der Waals surface area contributed by atoms with Gasteiger partial charge in [0.05, 0.1) is 16.3 Å². The second-order valence-electron chi connectivity index (χ2n) is 8.81. The van der Waals surface area contributed by atoms with Crippen LogP contribution < -0.4 is 10.2 Å². The highest BCUT2D eigenvalue weighted by molar-refractivity contribution is 7.92. The molecule has 0 spiro atoms. The van der Waals surface area contributed by atoms with Gasteiger partial charge < -0.3 is 5.32 Å². The van der Waals surface area contributed by atoms with Crippen LogP contribution in [-0.2, 0) is 24.5 Å². The van der Waals surface area contributed by atoms with Gasteiger partial charge in [-0.05, 0) is 59.2 Å². The van der Waals surface area contributed by atoms with E-state index in [0.717, 1.165) is 6.26 Å². The summed E-state index contributed by atoms with van der Waals surface area (Å²) in [6.07, 6.45) is 1.14. The lowest BCUT2D eigenvalue weighted by atomic mass is 9.98. The molecule has 1 aliphatic rings. The number of para-hydroxylation sites is 1. The van der Waals surface area contributed by atoms with Crippen LogP contribution in [0.4, 0.5) is 10.5 Å². The fourth-order valence-corrected chi connectivity index (χ4v) is 7.36. The van der Waals surface area contributed by atoms with Gasteiger partial charge in [-0.25, -0.2) is 21.6 Å². The average molecular weight is 533 g/mol. The number of nitrogens with zero attached hydrogens (tertiary/aromatic N) is 1. The Morgan fingerprint density at radius 2 is 1.27 bits per heavy atom. The van der Waals surface area contributed by atoms with E-state index in [1.54, 1.807) is 91.0 Å². The van der Waals surface area contributed by atoms with Gasteiger partial charge in [-0.2, -0.15) is 0 Å². The molecule has 4 aromatic rings. The second-order valence-corrected chi connectivity index (χ2v) is 13.0. The van der Waals surface area contributed by atoms with Crippen LogP contribution >= 0.6 is 0 Å². The Morgan fingerprint density at radius 3 is 1.92 bits per heavy atom. The van der Waals surface area contributed by atoms with Gasteiger partial charge in [-0.3, -0.25) is 4.90 Å². The van der Waals surface area contributed by atoms with Crippen molar-refractivity contribution in [3.8, 4) is 11.1 Å². The van der Waals surface area contributed by atoms with Gasteiger partial charge in [0, 0.05) is 11.9 Å². The number of urea groups is 1. The van der Waals surface area contributed by atoms with Crippen molar-refractivity contribution in [3.63, 3.8) is 0 Å². The Kier molecular flexibility index (Phi) is 6.13. The molecule has 0 bridgehead atoms. The molecule has 188 valence electrons. The first-order valence-electron chi connectivity index (χ1n) is 11.5. The van der Waals surface area contributed by atoms with E-state index in [9.17, 15) is 21.6 Å². The van der Waals surface area contributed by atoms with Gasteiger partial charge in [0.15, 0.2) is 14.7 Å². The van der Waals surface area contributed by atoms with E-state index >= 15 is 0 Å². The Morgan fingerprint density at radius 1 is 0.703 bits per heavy atom. The number of hydrogen-bond acceptors (Lipinski definition) is 5. The number of carbonyl (C=O) groups excluding carboxylic acids is 1. The van der Waals surface area contributed by atoms with E-state index in [1.165, 1.54) is 23.1 Å². The second kappa shape index (κ2) is 9.17. The normalized spacial score (nSPS) is 18.0. The minimum Gasteiger partial charge on any atom is -0.334 e. The lowest BCUT2D eigenvalue weighted by molar-refractivity contribution is 0.251. The van der Waals surface area contributed by atoms with E-state index in [0.29, 0.717) is 22.4 Å². The fourth-order valence-electron chi connectivity index (χ4n) is 4.66. The van der Waals surface area contributed by atoms with E-state index in [4.69, 9.17) is 0 Å². The predicted octanol–water partition coefficient (Wildman–Crippen LogP) is 4.61. The smallest absolute Gasteiger partial charge is 0.323 e. The van der Waals surface area contributed by atoms with Crippen molar-refractivity contribution in [3.05, 3.63) is 115 Å². The Hall–Kier alpha value is -3.95. The Balaban J connectivity index is 1.77. The summed E-state index contributed by atoms with van der Waals surface area (Å²) in [5.41, 5.74) is 2.04. The minimum absolute atomic E-state index is 0.0805. The molecule has 1 fully saturated rings. The maximum absolute atomic E-state index is 14.4. The zero-order chi connectivity index (χ0) is 26.3. The molecule has 1 N–H and O–H groups in total. The summed E-state index contributed by atoms with van der Waals surface area (Å²) in [6, 6.07) is 29.5. The molecule has 7 nitrogen and oxygen atoms in total. The van der Waals surface area contributed by atoms with Crippen LogP contribution in [0, 0.1) is 0 Å². The number of anilines is 1. The third-order valence-electron chi connectivity index (χ3n) is 6.47. The molecular formula is C28H24N2O5S2. The van der Waals surface area contributed by atoms with Gasteiger partial charge >= 0.3 is 6.03 Å². The molecule has 1 atom stereocenters. The first kappa shape index (κ1) is 24.7. The van der Waals surface area contributed by atoms with Crippen molar-refractivity contribution in [2.24, 2.45) is 0 Å². The van der Waals surface area contributed by atoms with Gasteiger partial charge in [-0.1, -0.05) is 66.7 Å². The van der Waals surface area contributed by atoms with Crippen LogP contribution in [-0.4, -0.2) is 35.7 Å². The van der Waals surface area contributed by atoms with Gasteiger partial charge in [0.25, 0.3) is 0 Å². The van der Waals surface area contributed by atoms with Crippen molar-refractivity contribution in [2.45, 2.75) is 14.7 Å². The molecule has 0 radical (unpaired) electrons. The quantitative estimate of drug-likeness (QED) is 0.391. The van der Waals surface area contributed by atoms with Crippen molar-refractivity contribution in [2.75, 3.05) is 17.7 Å². The number of hydrogen-bond donors (Lipinski definition) is 1. The monoisotopic (exact) mass is 532 g/mol. The predicted molar refractivity (Wildman–Crippen MR) is 143 cm³/mol. The molecule has 4 aromatic carbocycles. The highest BCUT2D eigenvalue weighted by Gasteiger charge is 2.57. The average Bonchev–Trinajstić information content (AvgIpc) is 3.28. The van der Waals surface area contributed by atoms with Crippen LogP contribution in [0.25, 0.3) is 11.1 Å². The van der Waals surface area contributed by atoms with Crippen molar-refractivity contribution >= 4 is 31.4 Å². The van der Waals surface area contributed by atoms with Crippen molar-refractivity contribution in [1.82, 2.24) is 5.32 Å². The van der Waals surface area contributed by atoms with Crippen LogP contribution in [0.1, 0.15) is 5.56 Å². The molecule has 0 saturated carbocycles. The number of benzene rings is 4. The number of amides is 2. The topological polar surface area (TPSA) is 101 Å². The zero-order valence-electron chi connectivity index (χ0n) is 19.9. The number of sulfone groups is 2. The van der Waals surface area contributed by atoms with Crippen LogP contribution in [0.5, 0.6) is 0 Å². The number of carbonyl (C=O) groups is 1. The molecule has 0 aliphatic carbocycles. The largest absolute Gasteiger partial charge is 0.334 e. The van der Waals surface area contributed by atoms with Crippen LogP contribution in [0.15, 0.2) is 119 Å². The van der Waals surface area contributed by atoms with Crippen molar-refractivity contribution in [1.29, 1.82) is 0 Å². The zero-order valence-corrected chi connectivity index (χ0v) is 21.5. The molecule has 2 amide bonds. The molecule has 1 unspecified atom stereocenters. The molecule has 9 heteroatoms. The maximum Gasteiger partial charge on any atom is 0.323 e. The third-order valence-corrected chi connectivity index (χ3v) is 9.92. The summed E-state index contributed by atoms with van der Waals surface area (Å²) >= 11 is 0. The number of rotatable bonds is 6. The highest BCUT2D eigenvalue weighted by atomic mass is 32.2. The molecule has 0 aromatic heterocycles. The fraction of sp³-hybridized carbons (Fsp3) is 0.107. The minimum atomic E-state index is -4.17. The van der Waals surface area contributed by atoms with Crippen LogP contribution in [0.2, 0.25) is 0 Å². The Labute approximate surface area is 216 Å². The summed E-state index contributed by atoms with van der Waals surface area (Å²) in [5.74, 6) is 0. The molecule has 1 saturated heterocycles. The summed E-state index contributed by atoms with van der Waals surface area (Å²) in [4.78, 5) is 13.0. The van der Waals surface area contributed by atoms with E-state index < -0.39 is 30.6 Å². The Bertz CT molecular complexity index is 1690. The highest BCUT2D eigenvalue weighted by Crippen LogP contribution is 2.44. The van der Waals surface area contributed by atoms with Crippen molar-refractivity contribution < 1.29 is 21.6 Å². The van der Waals surface area contributed by atoms with Gasteiger partial charge in [0.2, 0.25) is 9.84 Å². The summed E-state index contributed by atoms with van der Waals surface area (Å²) in [6.45, 7) is -0.176. The van der Waals surface area contributed by atoms with E-state index in [2.05, 4.69) is 5.32 Å². The molecule has 1 aliphatic heterocycles.